The molecule has 6 nitrogen and oxygen atoms in total. The summed E-state index contributed by atoms with van der Waals surface area (Å²) in [6.07, 6.45) is 3.02. The number of nitrogens with zero attached hydrogens (tertiary/aromatic N) is 1. The van der Waals surface area contributed by atoms with Crippen molar-refractivity contribution < 1.29 is 13.2 Å². The maximum absolute atomic E-state index is 12.2. The predicted octanol–water partition coefficient (Wildman–Crippen LogP) is 0.290. The van der Waals surface area contributed by atoms with Gasteiger partial charge in [-0.25, -0.2) is 13.1 Å². The van der Waals surface area contributed by atoms with Crippen LogP contribution in [0, 0.1) is 5.41 Å². The van der Waals surface area contributed by atoms with Crippen LogP contribution >= 0.6 is 0 Å². The van der Waals surface area contributed by atoms with Crippen molar-refractivity contribution >= 4 is 15.9 Å². The van der Waals surface area contributed by atoms with Crippen LogP contribution in [0.1, 0.15) is 40.0 Å². The number of hydrogen-bond acceptors (Lipinski definition) is 4. The lowest BCUT2D eigenvalue weighted by atomic mass is 9.85. The van der Waals surface area contributed by atoms with Crippen molar-refractivity contribution in [1.29, 1.82) is 0 Å². The van der Waals surface area contributed by atoms with Crippen molar-refractivity contribution in [3.63, 3.8) is 0 Å². The Morgan fingerprint density at radius 2 is 2.05 bits per heavy atom. The van der Waals surface area contributed by atoms with Crippen molar-refractivity contribution in [2.24, 2.45) is 11.1 Å². The smallest absolute Gasteiger partial charge is 0.224 e. The highest BCUT2D eigenvalue weighted by molar-refractivity contribution is 7.88. The highest BCUT2D eigenvalue weighted by Gasteiger charge is 2.29. The van der Waals surface area contributed by atoms with Gasteiger partial charge in [0.1, 0.15) is 0 Å². The molecule has 20 heavy (non-hydrogen) atoms. The first-order valence-electron chi connectivity index (χ1n) is 6.99. The highest BCUT2D eigenvalue weighted by Crippen LogP contribution is 2.21. The fourth-order valence-electron chi connectivity index (χ4n) is 2.23. The zero-order valence-corrected chi connectivity index (χ0v) is 13.7. The molecule has 1 saturated heterocycles. The molecule has 0 saturated carbocycles. The van der Waals surface area contributed by atoms with E-state index in [2.05, 4.69) is 4.72 Å². The second-order valence-electron chi connectivity index (χ2n) is 6.75. The summed E-state index contributed by atoms with van der Waals surface area (Å²) < 4.78 is 25.1. The number of carbonyl (C=O) groups excluding carboxylic acids is 1. The summed E-state index contributed by atoms with van der Waals surface area (Å²) in [6.45, 7) is 7.14. The van der Waals surface area contributed by atoms with Gasteiger partial charge in [-0.05, 0) is 18.3 Å². The number of amides is 1. The van der Waals surface area contributed by atoms with E-state index in [4.69, 9.17) is 5.73 Å². The summed E-state index contributed by atoms with van der Waals surface area (Å²) in [5.74, 6) is 0.00688. The molecule has 1 aliphatic rings. The first-order valence-corrected chi connectivity index (χ1v) is 8.89. The molecular formula is C13H27N3O3S. The minimum atomic E-state index is -3.23. The van der Waals surface area contributed by atoms with Crippen LogP contribution in [0.25, 0.3) is 0 Å². The standard InChI is InChI=1S/C13H27N3O3S/c1-13(2,3)11(14)8-12(17)16-7-5-6-10(9-16)15-20(4,18)19/h10-11,15H,5-9,14H2,1-4H3. The normalized spacial score (nSPS) is 22.6. The highest BCUT2D eigenvalue weighted by atomic mass is 32.2. The van der Waals surface area contributed by atoms with Gasteiger partial charge in [-0.2, -0.15) is 0 Å². The third kappa shape index (κ3) is 5.76. The molecule has 7 heteroatoms. The van der Waals surface area contributed by atoms with Crippen LogP contribution in [0.15, 0.2) is 0 Å². The topological polar surface area (TPSA) is 92.5 Å². The van der Waals surface area contributed by atoms with Crippen LogP contribution in [0.4, 0.5) is 0 Å². The molecule has 118 valence electrons. The monoisotopic (exact) mass is 305 g/mol. The molecule has 1 fully saturated rings. The fourth-order valence-corrected chi connectivity index (χ4v) is 3.02. The molecule has 1 rings (SSSR count). The number of sulfonamides is 1. The molecule has 2 atom stereocenters. The van der Waals surface area contributed by atoms with E-state index in [9.17, 15) is 13.2 Å². The van der Waals surface area contributed by atoms with Gasteiger partial charge in [0, 0.05) is 31.6 Å². The van der Waals surface area contributed by atoms with Gasteiger partial charge >= 0.3 is 0 Å². The SMILES string of the molecule is CC(C)(C)C(N)CC(=O)N1CCCC(NS(C)(=O)=O)C1. The van der Waals surface area contributed by atoms with Crippen molar-refractivity contribution in [1.82, 2.24) is 9.62 Å². The second kappa shape index (κ2) is 6.41. The number of piperidine rings is 1. The quantitative estimate of drug-likeness (QED) is 0.781. The fraction of sp³-hybridized carbons (Fsp3) is 0.923. The van der Waals surface area contributed by atoms with E-state index in [1.165, 1.54) is 0 Å². The Labute approximate surface area is 122 Å². The Balaban J connectivity index is 2.57. The van der Waals surface area contributed by atoms with Gasteiger partial charge in [0.25, 0.3) is 0 Å². The lowest BCUT2D eigenvalue weighted by Gasteiger charge is -2.35. The third-order valence-corrected chi connectivity index (χ3v) is 4.42. The van der Waals surface area contributed by atoms with E-state index >= 15 is 0 Å². The van der Waals surface area contributed by atoms with Gasteiger partial charge in [-0.3, -0.25) is 4.79 Å². The summed E-state index contributed by atoms with van der Waals surface area (Å²) in [5, 5.41) is 0. The number of hydrogen-bond donors (Lipinski definition) is 2. The number of nitrogens with one attached hydrogen (secondary N) is 1. The Bertz CT molecular complexity index is 442. The van der Waals surface area contributed by atoms with Crippen LogP contribution in [0.5, 0.6) is 0 Å². The Kier molecular flexibility index (Phi) is 5.57. The van der Waals surface area contributed by atoms with Crippen molar-refractivity contribution in [2.45, 2.75) is 52.1 Å². The van der Waals surface area contributed by atoms with Gasteiger partial charge in [-0.1, -0.05) is 20.8 Å². The molecular weight excluding hydrogens is 278 g/mol. The molecule has 0 aromatic heterocycles. The van der Waals surface area contributed by atoms with Gasteiger partial charge in [0.15, 0.2) is 0 Å². The molecule has 2 unspecified atom stereocenters. The van der Waals surface area contributed by atoms with Crippen molar-refractivity contribution in [3.05, 3.63) is 0 Å². The lowest BCUT2D eigenvalue weighted by molar-refractivity contribution is -0.133. The number of rotatable bonds is 4. The van der Waals surface area contributed by atoms with Gasteiger partial charge in [0.2, 0.25) is 15.9 Å². The molecule has 0 aromatic carbocycles. The molecule has 0 bridgehead atoms. The number of carbonyl (C=O) groups is 1. The summed E-state index contributed by atoms with van der Waals surface area (Å²) in [7, 11) is -3.23. The van der Waals surface area contributed by atoms with Crippen molar-refractivity contribution in [3.8, 4) is 0 Å². The molecule has 1 heterocycles. The molecule has 1 aliphatic heterocycles. The van der Waals surface area contributed by atoms with E-state index in [1.54, 1.807) is 4.90 Å². The molecule has 0 aromatic rings. The number of nitrogens with two attached hydrogens (primary N) is 1. The van der Waals surface area contributed by atoms with Crippen LogP contribution in [-0.2, 0) is 14.8 Å². The average Bonchev–Trinajstić information content (AvgIpc) is 2.25. The van der Waals surface area contributed by atoms with Crippen LogP contribution in [0.2, 0.25) is 0 Å². The summed E-state index contributed by atoms with van der Waals surface area (Å²) in [6, 6.07) is -0.383. The van der Waals surface area contributed by atoms with Crippen LogP contribution < -0.4 is 10.5 Å². The molecule has 0 aliphatic carbocycles. The zero-order valence-electron chi connectivity index (χ0n) is 12.8. The molecule has 0 radical (unpaired) electrons. The third-order valence-electron chi connectivity index (χ3n) is 3.66. The average molecular weight is 305 g/mol. The van der Waals surface area contributed by atoms with E-state index in [0.717, 1.165) is 19.1 Å². The molecule has 1 amide bonds. The van der Waals surface area contributed by atoms with E-state index in [0.29, 0.717) is 19.5 Å². The maximum atomic E-state index is 12.2. The zero-order chi connectivity index (χ0) is 15.6. The first-order chi connectivity index (χ1) is 8.99. The minimum Gasteiger partial charge on any atom is -0.341 e. The summed E-state index contributed by atoms with van der Waals surface area (Å²) in [5.41, 5.74) is 5.92. The van der Waals surface area contributed by atoms with Gasteiger partial charge < -0.3 is 10.6 Å². The minimum absolute atomic E-state index is 0.00688. The Morgan fingerprint density at radius 3 is 2.55 bits per heavy atom. The van der Waals surface area contributed by atoms with Gasteiger partial charge in [0.05, 0.1) is 6.26 Å². The first kappa shape index (κ1) is 17.4. The molecule has 3 N–H and O–H groups in total. The second-order valence-corrected chi connectivity index (χ2v) is 8.53. The summed E-state index contributed by atoms with van der Waals surface area (Å²) >= 11 is 0. The van der Waals surface area contributed by atoms with Crippen LogP contribution in [0.3, 0.4) is 0 Å². The maximum Gasteiger partial charge on any atom is 0.224 e. The Hall–Kier alpha value is -0.660. The van der Waals surface area contributed by atoms with E-state index in [1.807, 2.05) is 20.8 Å². The predicted molar refractivity (Wildman–Crippen MR) is 79.6 cm³/mol. The number of likely N-dealkylation sites (tertiary alicyclic amines) is 1. The van der Waals surface area contributed by atoms with Gasteiger partial charge in [-0.15, -0.1) is 0 Å². The van der Waals surface area contributed by atoms with E-state index < -0.39 is 10.0 Å². The Morgan fingerprint density at radius 1 is 1.45 bits per heavy atom. The molecule has 0 spiro atoms. The largest absolute Gasteiger partial charge is 0.341 e. The van der Waals surface area contributed by atoms with E-state index in [-0.39, 0.29) is 23.4 Å². The summed E-state index contributed by atoms with van der Waals surface area (Å²) in [4.78, 5) is 14.0. The van der Waals surface area contributed by atoms with Crippen molar-refractivity contribution in [2.75, 3.05) is 19.3 Å². The van der Waals surface area contributed by atoms with Crippen LogP contribution in [-0.4, -0.2) is 50.7 Å². The lowest BCUT2D eigenvalue weighted by Crippen LogP contribution is -2.51.